The molecule has 0 bridgehead atoms. The van der Waals surface area contributed by atoms with E-state index in [1.165, 1.54) is 0 Å². The molecule has 0 saturated heterocycles. The molecule has 0 heterocycles. The summed E-state index contributed by atoms with van der Waals surface area (Å²) in [6.07, 6.45) is 0.849. The lowest BCUT2D eigenvalue weighted by atomic mass is 10.1. The van der Waals surface area contributed by atoms with Crippen LogP contribution in [0.15, 0.2) is 36.4 Å². The first kappa shape index (κ1) is 12.1. The molecule has 0 radical (unpaired) electrons. The number of hydrogen-bond acceptors (Lipinski definition) is 2. The zero-order chi connectivity index (χ0) is 12.1. The van der Waals surface area contributed by atoms with E-state index in [4.69, 9.17) is 21.1 Å². The van der Waals surface area contributed by atoms with E-state index in [1.54, 1.807) is 7.11 Å². The molecule has 0 saturated carbocycles. The van der Waals surface area contributed by atoms with Crippen LogP contribution in [0.4, 0.5) is 0 Å². The second-order valence-corrected chi connectivity index (χ2v) is 4.08. The summed E-state index contributed by atoms with van der Waals surface area (Å²) in [6, 6.07) is 11.9. The van der Waals surface area contributed by atoms with Crippen LogP contribution in [0.25, 0.3) is 10.8 Å². The third-order valence-electron chi connectivity index (χ3n) is 2.60. The summed E-state index contributed by atoms with van der Waals surface area (Å²) in [6.45, 7) is 0.639. The molecule has 0 spiro atoms. The molecule has 2 aromatic rings. The summed E-state index contributed by atoms with van der Waals surface area (Å²) in [5.41, 5.74) is 0. The maximum absolute atomic E-state index is 5.72. The molecule has 17 heavy (non-hydrogen) atoms. The average molecular weight is 251 g/mol. The maximum Gasteiger partial charge on any atom is 0.127 e. The van der Waals surface area contributed by atoms with Crippen molar-refractivity contribution in [2.24, 2.45) is 0 Å². The van der Waals surface area contributed by atoms with Crippen molar-refractivity contribution in [3.63, 3.8) is 0 Å². The van der Waals surface area contributed by atoms with E-state index in [2.05, 4.69) is 0 Å². The Bertz CT molecular complexity index is 497. The predicted octanol–water partition coefficient (Wildman–Crippen LogP) is 3.86. The average Bonchev–Trinajstić information content (AvgIpc) is 2.39. The van der Waals surface area contributed by atoms with Crippen molar-refractivity contribution < 1.29 is 9.47 Å². The van der Waals surface area contributed by atoms with Gasteiger partial charge in [0.05, 0.1) is 13.7 Å². The first-order chi connectivity index (χ1) is 8.36. The highest BCUT2D eigenvalue weighted by Gasteiger charge is 2.06. The fourth-order valence-corrected chi connectivity index (χ4v) is 1.89. The van der Waals surface area contributed by atoms with E-state index >= 15 is 0 Å². The van der Waals surface area contributed by atoms with Crippen molar-refractivity contribution in [1.82, 2.24) is 0 Å². The van der Waals surface area contributed by atoms with Gasteiger partial charge in [-0.15, -0.1) is 11.6 Å². The lowest BCUT2D eigenvalue weighted by Gasteiger charge is -2.11. The van der Waals surface area contributed by atoms with Gasteiger partial charge in [0.15, 0.2) is 0 Å². The Morgan fingerprint density at radius 2 is 1.65 bits per heavy atom. The Morgan fingerprint density at radius 3 is 2.29 bits per heavy atom. The third-order valence-corrected chi connectivity index (χ3v) is 2.87. The molecule has 0 atom stereocenters. The van der Waals surface area contributed by atoms with Crippen LogP contribution < -0.4 is 9.47 Å². The number of alkyl halides is 1. The number of fused-ring (bicyclic) bond motifs is 1. The van der Waals surface area contributed by atoms with Crippen molar-refractivity contribution in [2.75, 3.05) is 19.6 Å². The molecule has 2 nitrogen and oxygen atoms in total. The molecule has 0 fully saturated rings. The molecule has 90 valence electrons. The molecule has 0 N–H and O–H groups in total. The van der Waals surface area contributed by atoms with Gasteiger partial charge in [-0.3, -0.25) is 0 Å². The van der Waals surface area contributed by atoms with Crippen molar-refractivity contribution in [1.29, 1.82) is 0 Å². The number of methoxy groups -OCH3 is 1. The minimum absolute atomic E-state index is 0.619. The molecule has 2 rings (SSSR count). The normalized spacial score (nSPS) is 10.5. The Labute approximate surface area is 106 Å². The predicted molar refractivity (Wildman–Crippen MR) is 71.3 cm³/mol. The number of hydrogen-bond donors (Lipinski definition) is 0. The molecule has 0 aromatic heterocycles. The van der Waals surface area contributed by atoms with Crippen molar-refractivity contribution in [3.05, 3.63) is 36.4 Å². The lowest BCUT2D eigenvalue weighted by Crippen LogP contribution is -1.98. The quantitative estimate of drug-likeness (QED) is 0.593. The van der Waals surface area contributed by atoms with E-state index in [9.17, 15) is 0 Å². The first-order valence-corrected chi connectivity index (χ1v) is 6.14. The summed E-state index contributed by atoms with van der Waals surface area (Å²) < 4.78 is 11.1. The van der Waals surface area contributed by atoms with E-state index in [1.807, 2.05) is 36.4 Å². The highest BCUT2D eigenvalue weighted by atomic mass is 35.5. The largest absolute Gasteiger partial charge is 0.496 e. The minimum atomic E-state index is 0.619. The number of ether oxygens (including phenoxy) is 2. The van der Waals surface area contributed by atoms with Crippen LogP contribution in [0.3, 0.4) is 0 Å². The molecule has 0 aliphatic rings. The molecule has 0 aliphatic heterocycles. The summed E-state index contributed by atoms with van der Waals surface area (Å²) in [5, 5.41) is 2.14. The maximum atomic E-state index is 5.72. The Hall–Kier alpha value is -1.41. The van der Waals surface area contributed by atoms with Gasteiger partial charge in [0.2, 0.25) is 0 Å². The topological polar surface area (TPSA) is 18.5 Å². The number of rotatable bonds is 5. The fourth-order valence-electron chi connectivity index (χ4n) is 1.78. The first-order valence-electron chi connectivity index (χ1n) is 5.61. The smallest absolute Gasteiger partial charge is 0.127 e. The molecule has 3 heteroatoms. The summed E-state index contributed by atoms with van der Waals surface area (Å²) in [4.78, 5) is 0. The molecule has 0 aliphatic carbocycles. The van der Waals surface area contributed by atoms with Crippen LogP contribution in [-0.2, 0) is 0 Å². The van der Waals surface area contributed by atoms with Crippen molar-refractivity contribution in [3.8, 4) is 11.5 Å². The Balaban J connectivity index is 2.37. The summed E-state index contributed by atoms with van der Waals surface area (Å²) in [5.74, 6) is 2.37. The Kier molecular flexibility index (Phi) is 4.10. The van der Waals surface area contributed by atoms with Crippen LogP contribution in [0.5, 0.6) is 11.5 Å². The standard InChI is InChI=1S/C14H15ClO2/c1-16-13-7-8-14(17-10-4-9-15)12-6-3-2-5-11(12)13/h2-3,5-8H,4,9-10H2,1H3. The zero-order valence-electron chi connectivity index (χ0n) is 9.78. The van der Waals surface area contributed by atoms with E-state index < -0.39 is 0 Å². The van der Waals surface area contributed by atoms with Gasteiger partial charge in [0.1, 0.15) is 11.5 Å². The monoisotopic (exact) mass is 250 g/mol. The lowest BCUT2D eigenvalue weighted by molar-refractivity contribution is 0.321. The van der Waals surface area contributed by atoms with E-state index in [0.29, 0.717) is 12.5 Å². The van der Waals surface area contributed by atoms with Gasteiger partial charge < -0.3 is 9.47 Å². The van der Waals surface area contributed by atoms with Gasteiger partial charge in [0, 0.05) is 16.7 Å². The van der Waals surface area contributed by atoms with Crippen molar-refractivity contribution in [2.45, 2.75) is 6.42 Å². The molecular weight excluding hydrogens is 236 g/mol. The highest BCUT2D eigenvalue weighted by Crippen LogP contribution is 2.32. The fraction of sp³-hybridized carbons (Fsp3) is 0.286. The van der Waals surface area contributed by atoms with Gasteiger partial charge in [-0.05, 0) is 18.6 Å². The molecular formula is C14H15ClO2. The van der Waals surface area contributed by atoms with E-state index in [0.717, 1.165) is 28.7 Å². The number of benzene rings is 2. The van der Waals surface area contributed by atoms with Crippen molar-refractivity contribution >= 4 is 22.4 Å². The second kappa shape index (κ2) is 5.78. The van der Waals surface area contributed by atoms with Crippen LogP contribution in [0, 0.1) is 0 Å². The van der Waals surface area contributed by atoms with Crippen LogP contribution >= 0.6 is 11.6 Å². The van der Waals surface area contributed by atoms with Gasteiger partial charge in [-0.2, -0.15) is 0 Å². The summed E-state index contributed by atoms with van der Waals surface area (Å²) >= 11 is 5.63. The Morgan fingerprint density at radius 1 is 1.00 bits per heavy atom. The molecule has 2 aromatic carbocycles. The molecule has 0 unspecified atom stereocenters. The van der Waals surface area contributed by atoms with Gasteiger partial charge in [-0.25, -0.2) is 0 Å². The minimum Gasteiger partial charge on any atom is -0.496 e. The number of halogens is 1. The zero-order valence-corrected chi connectivity index (χ0v) is 10.5. The van der Waals surface area contributed by atoms with Crippen LogP contribution in [-0.4, -0.2) is 19.6 Å². The van der Waals surface area contributed by atoms with Gasteiger partial charge in [-0.1, -0.05) is 24.3 Å². The molecule has 0 amide bonds. The van der Waals surface area contributed by atoms with Crippen LogP contribution in [0.1, 0.15) is 6.42 Å². The SMILES string of the molecule is COc1ccc(OCCCCl)c2ccccc12. The second-order valence-electron chi connectivity index (χ2n) is 3.70. The van der Waals surface area contributed by atoms with Gasteiger partial charge >= 0.3 is 0 Å². The van der Waals surface area contributed by atoms with E-state index in [-0.39, 0.29) is 0 Å². The van der Waals surface area contributed by atoms with Gasteiger partial charge in [0.25, 0.3) is 0 Å². The summed E-state index contributed by atoms with van der Waals surface area (Å²) in [7, 11) is 1.68. The third kappa shape index (κ3) is 2.64. The van der Waals surface area contributed by atoms with Crippen LogP contribution in [0.2, 0.25) is 0 Å². The highest BCUT2D eigenvalue weighted by molar-refractivity contribution is 6.17.